The van der Waals surface area contributed by atoms with E-state index in [0.29, 0.717) is 29.6 Å². The molecule has 0 aliphatic heterocycles. The Morgan fingerprint density at radius 1 is 1.00 bits per heavy atom. The number of fused-ring (bicyclic) bond motifs is 5. The van der Waals surface area contributed by atoms with E-state index in [0.717, 1.165) is 50.0 Å². The summed E-state index contributed by atoms with van der Waals surface area (Å²) in [6.45, 7) is 10.3. The summed E-state index contributed by atoms with van der Waals surface area (Å²) in [7, 11) is 0. The third-order valence-electron chi connectivity index (χ3n) is 10.2. The molecule has 4 aliphatic carbocycles. The molecule has 4 aliphatic rings. The molecule has 0 aromatic rings. The molecule has 0 unspecified atom stereocenters. The lowest BCUT2D eigenvalue weighted by Gasteiger charge is -2.62. The summed E-state index contributed by atoms with van der Waals surface area (Å²) in [5.74, 6) is 3.74. The van der Waals surface area contributed by atoms with E-state index in [-0.39, 0.29) is 5.41 Å². The Morgan fingerprint density at radius 3 is 2.46 bits per heavy atom. The monoisotopic (exact) mass is 390 g/mol. The zero-order valence-corrected chi connectivity index (χ0v) is 18.6. The molecule has 0 heterocycles. The van der Waals surface area contributed by atoms with E-state index in [9.17, 15) is 9.90 Å². The van der Waals surface area contributed by atoms with Crippen molar-refractivity contribution in [2.24, 2.45) is 40.4 Å². The standard InChI is InChI=1S/C25H42O3/c1-5-28-15-14-25(27)13-12-23(3)18(16-25)6-7-19-21-9-8-20(17(2)26)24(21,4)11-10-22(19)23/h18-22,27H,5-16H2,1-4H3/t18-,19+,20-,21+,22+,23+,24-,25+/m1/s1. The molecule has 0 amide bonds. The molecule has 160 valence electrons. The maximum absolute atomic E-state index is 12.3. The number of carbonyl (C=O) groups is 1. The zero-order chi connectivity index (χ0) is 20.2. The molecular formula is C25H42O3. The molecule has 4 fully saturated rings. The van der Waals surface area contributed by atoms with Crippen molar-refractivity contribution in [2.45, 2.75) is 97.5 Å². The summed E-state index contributed by atoms with van der Waals surface area (Å²) in [5.41, 5.74) is 0.127. The quantitative estimate of drug-likeness (QED) is 0.640. The lowest BCUT2D eigenvalue weighted by Crippen LogP contribution is -2.56. The average molecular weight is 391 g/mol. The van der Waals surface area contributed by atoms with Gasteiger partial charge in [0.25, 0.3) is 0 Å². The summed E-state index contributed by atoms with van der Waals surface area (Å²) in [6.07, 6.45) is 11.4. The Bertz CT molecular complexity index is 603. The molecule has 28 heavy (non-hydrogen) atoms. The first-order chi connectivity index (χ1) is 13.2. The Labute approximate surface area is 172 Å². The molecule has 8 atom stereocenters. The molecule has 0 saturated heterocycles. The van der Waals surface area contributed by atoms with Crippen LogP contribution in [0.25, 0.3) is 0 Å². The van der Waals surface area contributed by atoms with Crippen molar-refractivity contribution < 1.29 is 14.6 Å². The van der Waals surface area contributed by atoms with Crippen molar-refractivity contribution in [2.75, 3.05) is 13.2 Å². The van der Waals surface area contributed by atoms with Gasteiger partial charge in [0, 0.05) is 19.1 Å². The van der Waals surface area contributed by atoms with Crippen LogP contribution in [0.5, 0.6) is 0 Å². The number of hydrogen-bond donors (Lipinski definition) is 1. The minimum atomic E-state index is -0.511. The molecule has 0 spiro atoms. The van der Waals surface area contributed by atoms with Gasteiger partial charge in [0.05, 0.1) is 5.60 Å². The van der Waals surface area contributed by atoms with Gasteiger partial charge in [-0.25, -0.2) is 0 Å². The van der Waals surface area contributed by atoms with Gasteiger partial charge in [0.2, 0.25) is 0 Å². The molecular weight excluding hydrogens is 348 g/mol. The number of ketones is 1. The van der Waals surface area contributed by atoms with Crippen molar-refractivity contribution in [1.82, 2.24) is 0 Å². The summed E-state index contributed by atoms with van der Waals surface area (Å²) >= 11 is 0. The van der Waals surface area contributed by atoms with Gasteiger partial charge in [0.1, 0.15) is 5.78 Å². The normalized spacial score (nSPS) is 50.5. The molecule has 0 radical (unpaired) electrons. The predicted octanol–water partition coefficient (Wildman–Crippen LogP) is 5.39. The molecule has 0 bridgehead atoms. The summed E-state index contributed by atoms with van der Waals surface area (Å²) < 4.78 is 5.55. The highest BCUT2D eigenvalue weighted by Crippen LogP contribution is 2.68. The lowest BCUT2D eigenvalue weighted by atomic mass is 9.43. The third kappa shape index (κ3) is 3.20. The number of Topliss-reactive ketones (excluding diaryl/α,β-unsaturated/α-hetero) is 1. The fourth-order valence-corrected chi connectivity index (χ4v) is 8.62. The number of hydrogen-bond acceptors (Lipinski definition) is 3. The van der Waals surface area contributed by atoms with Crippen LogP contribution in [0, 0.1) is 40.4 Å². The van der Waals surface area contributed by atoms with Crippen LogP contribution in [0.2, 0.25) is 0 Å². The van der Waals surface area contributed by atoms with Gasteiger partial charge >= 0.3 is 0 Å². The second kappa shape index (κ2) is 7.38. The van der Waals surface area contributed by atoms with Crippen molar-refractivity contribution >= 4 is 5.78 Å². The maximum atomic E-state index is 12.3. The smallest absolute Gasteiger partial charge is 0.133 e. The van der Waals surface area contributed by atoms with Crippen molar-refractivity contribution in [1.29, 1.82) is 0 Å². The van der Waals surface area contributed by atoms with E-state index in [1.807, 2.05) is 13.8 Å². The van der Waals surface area contributed by atoms with Crippen LogP contribution in [0.4, 0.5) is 0 Å². The first-order valence-corrected chi connectivity index (χ1v) is 12.0. The first kappa shape index (κ1) is 20.8. The highest BCUT2D eigenvalue weighted by molar-refractivity contribution is 5.79. The Morgan fingerprint density at radius 2 is 1.75 bits per heavy atom. The SMILES string of the molecule is CCOCC[C@@]1(O)CC[C@@]2(C)[C@H](CC[C@@H]3[C@@H]2CC[C@]2(C)[C@@H](C(C)=O)CC[C@@H]32)C1. The highest BCUT2D eigenvalue weighted by atomic mass is 16.5. The van der Waals surface area contributed by atoms with Gasteiger partial charge in [-0.05, 0) is 113 Å². The van der Waals surface area contributed by atoms with Crippen LogP contribution in [-0.4, -0.2) is 29.7 Å². The van der Waals surface area contributed by atoms with Crippen LogP contribution < -0.4 is 0 Å². The largest absolute Gasteiger partial charge is 0.390 e. The van der Waals surface area contributed by atoms with Crippen LogP contribution in [0.15, 0.2) is 0 Å². The topological polar surface area (TPSA) is 46.5 Å². The fraction of sp³-hybridized carbons (Fsp3) is 0.960. The van der Waals surface area contributed by atoms with E-state index >= 15 is 0 Å². The number of ether oxygens (including phenoxy) is 1. The molecule has 4 saturated carbocycles. The van der Waals surface area contributed by atoms with E-state index in [2.05, 4.69) is 13.8 Å². The first-order valence-electron chi connectivity index (χ1n) is 12.0. The van der Waals surface area contributed by atoms with E-state index in [1.165, 1.54) is 38.5 Å². The van der Waals surface area contributed by atoms with Gasteiger partial charge < -0.3 is 9.84 Å². The Kier molecular flexibility index (Phi) is 5.49. The molecule has 3 heteroatoms. The Hall–Kier alpha value is -0.410. The van der Waals surface area contributed by atoms with Crippen LogP contribution in [0.3, 0.4) is 0 Å². The van der Waals surface area contributed by atoms with Crippen molar-refractivity contribution in [3.63, 3.8) is 0 Å². The molecule has 4 rings (SSSR count). The van der Waals surface area contributed by atoms with Gasteiger partial charge in [-0.2, -0.15) is 0 Å². The van der Waals surface area contributed by atoms with E-state index < -0.39 is 5.60 Å². The third-order valence-corrected chi connectivity index (χ3v) is 10.2. The summed E-state index contributed by atoms with van der Waals surface area (Å²) in [6, 6.07) is 0. The lowest BCUT2D eigenvalue weighted by molar-refractivity contribution is -0.157. The minimum Gasteiger partial charge on any atom is -0.390 e. The highest BCUT2D eigenvalue weighted by Gasteiger charge is 2.61. The van der Waals surface area contributed by atoms with Crippen LogP contribution in [0.1, 0.15) is 91.9 Å². The van der Waals surface area contributed by atoms with Gasteiger partial charge in [-0.1, -0.05) is 13.8 Å². The molecule has 1 N–H and O–H groups in total. The van der Waals surface area contributed by atoms with Gasteiger partial charge in [0.15, 0.2) is 0 Å². The van der Waals surface area contributed by atoms with E-state index in [4.69, 9.17) is 4.74 Å². The van der Waals surface area contributed by atoms with Crippen molar-refractivity contribution in [3.8, 4) is 0 Å². The second-order valence-electron chi connectivity index (χ2n) is 11.3. The van der Waals surface area contributed by atoms with E-state index in [1.54, 1.807) is 0 Å². The van der Waals surface area contributed by atoms with Crippen LogP contribution in [-0.2, 0) is 9.53 Å². The predicted molar refractivity (Wildman–Crippen MR) is 112 cm³/mol. The molecule has 0 aromatic heterocycles. The second-order valence-corrected chi connectivity index (χ2v) is 11.3. The summed E-state index contributed by atoms with van der Waals surface area (Å²) in [4.78, 5) is 12.3. The number of aliphatic hydroxyl groups is 1. The number of carbonyl (C=O) groups excluding carboxylic acids is 1. The van der Waals surface area contributed by atoms with Gasteiger partial charge in [-0.15, -0.1) is 0 Å². The zero-order valence-electron chi connectivity index (χ0n) is 18.6. The molecule has 3 nitrogen and oxygen atoms in total. The number of rotatable bonds is 5. The fourth-order valence-electron chi connectivity index (χ4n) is 8.62. The minimum absolute atomic E-state index is 0.253. The Balaban J connectivity index is 1.50. The van der Waals surface area contributed by atoms with Crippen LogP contribution >= 0.6 is 0 Å². The molecule has 0 aromatic carbocycles. The summed E-state index contributed by atoms with van der Waals surface area (Å²) in [5, 5.41) is 11.2. The van der Waals surface area contributed by atoms with Crippen molar-refractivity contribution in [3.05, 3.63) is 0 Å². The maximum Gasteiger partial charge on any atom is 0.133 e. The van der Waals surface area contributed by atoms with Gasteiger partial charge in [-0.3, -0.25) is 4.79 Å². The average Bonchev–Trinajstić information content (AvgIpc) is 3.00.